The third-order valence-electron chi connectivity index (χ3n) is 4.44. The summed E-state index contributed by atoms with van der Waals surface area (Å²) in [6.45, 7) is 0. The predicted octanol–water partition coefficient (Wildman–Crippen LogP) is 4.82. The maximum absolute atomic E-state index is 12.2. The minimum absolute atomic E-state index is 0.00985. The lowest BCUT2D eigenvalue weighted by atomic mass is 10.1. The van der Waals surface area contributed by atoms with Gasteiger partial charge in [0, 0.05) is 22.1 Å². The van der Waals surface area contributed by atoms with Crippen LogP contribution in [0.1, 0.15) is 44.2 Å². The molecule has 0 unspecified atom stereocenters. The number of nitrogens with one attached hydrogen (secondary N) is 3. The molecule has 0 bridgehead atoms. The number of thiazole rings is 1. The maximum Gasteiger partial charge on any atom is 0.325 e. The van der Waals surface area contributed by atoms with Gasteiger partial charge in [0.15, 0.2) is 5.13 Å². The molecule has 3 amide bonds. The molecule has 0 saturated heterocycles. The van der Waals surface area contributed by atoms with Crippen LogP contribution in [0.3, 0.4) is 0 Å². The lowest BCUT2D eigenvalue weighted by Crippen LogP contribution is -2.35. The van der Waals surface area contributed by atoms with E-state index in [0.717, 1.165) is 12.8 Å². The Hall–Kier alpha value is -2.12. The third-order valence-corrected chi connectivity index (χ3v) is 5.49. The molecule has 27 heavy (non-hydrogen) atoms. The summed E-state index contributed by atoms with van der Waals surface area (Å²) in [7, 11) is 0. The number of halogens is 1. The Labute approximate surface area is 167 Å². The van der Waals surface area contributed by atoms with E-state index in [1.165, 1.54) is 37.0 Å². The molecule has 0 spiro atoms. The van der Waals surface area contributed by atoms with Crippen molar-refractivity contribution in [3.05, 3.63) is 40.4 Å². The smallest absolute Gasteiger partial charge is 0.325 e. The predicted molar refractivity (Wildman–Crippen MR) is 110 cm³/mol. The Morgan fingerprint density at radius 1 is 1.07 bits per heavy atom. The zero-order valence-electron chi connectivity index (χ0n) is 15.0. The first kappa shape index (κ1) is 19.6. The van der Waals surface area contributed by atoms with Crippen molar-refractivity contribution in [1.82, 2.24) is 10.3 Å². The number of hydrogen-bond acceptors (Lipinski definition) is 4. The number of urea groups is 1. The molecule has 144 valence electrons. The van der Waals surface area contributed by atoms with Gasteiger partial charge in [-0.3, -0.25) is 10.1 Å². The molecule has 1 heterocycles. The van der Waals surface area contributed by atoms with Crippen molar-refractivity contribution < 1.29 is 9.59 Å². The van der Waals surface area contributed by atoms with Crippen LogP contribution in [-0.2, 0) is 11.2 Å². The van der Waals surface area contributed by atoms with Crippen LogP contribution in [0, 0.1) is 0 Å². The Morgan fingerprint density at radius 2 is 1.78 bits per heavy atom. The summed E-state index contributed by atoms with van der Waals surface area (Å²) < 4.78 is 0. The second kappa shape index (κ2) is 9.71. The van der Waals surface area contributed by atoms with Gasteiger partial charge in [-0.05, 0) is 37.1 Å². The highest BCUT2D eigenvalue weighted by atomic mass is 35.5. The largest absolute Gasteiger partial charge is 0.353 e. The van der Waals surface area contributed by atoms with Crippen LogP contribution < -0.4 is 16.0 Å². The molecule has 1 aliphatic rings. The molecule has 3 rings (SSSR count). The van der Waals surface area contributed by atoms with Gasteiger partial charge in [-0.2, -0.15) is 0 Å². The van der Waals surface area contributed by atoms with Crippen LogP contribution in [-0.4, -0.2) is 23.0 Å². The van der Waals surface area contributed by atoms with E-state index in [-0.39, 0.29) is 24.4 Å². The second-order valence-electron chi connectivity index (χ2n) is 6.66. The van der Waals surface area contributed by atoms with Gasteiger partial charge in [0.1, 0.15) is 0 Å². The molecule has 2 aromatic rings. The quantitative estimate of drug-likeness (QED) is 0.622. The van der Waals surface area contributed by atoms with Crippen LogP contribution in [0.4, 0.5) is 15.6 Å². The van der Waals surface area contributed by atoms with Crippen molar-refractivity contribution in [3.8, 4) is 0 Å². The van der Waals surface area contributed by atoms with Crippen LogP contribution in [0.5, 0.6) is 0 Å². The number of carbonyl (C=O) groups excluding carboxylic acids is 2. The highest BCUT2D eigenvalue weighted by molar-refractivity contribution is 7.14. The van der Waals surface area contributed by atoms with Gasteiger partial charge in [0.25, 0.3) is 0 Å². The van der Waals surface area contributed by atoms with E-state index in [1.807, 2.05) is 0 Å². The van der Waals surface area contributed by atoms with Gasteiger partial charge in [-0.1, -0.05) is 37.3 Å². The molecule has 1 aliphatic carbocycles. The van der Waals surface area contributed by atoms with E-state index in [1.54, 1.807) is 29.6 Å². The molecular weight excluding hydrogens is 384 g/mol. The average molecular weight is 407 g/mol. The Bertz CT molecular complexity index is 770. The zero-order chi connectivity index (χ0) is 19.1. The number of hydrogen-bond donors (Lipinski definition) is 3. The fourth-order valence-electron chi connectivity index (χ4n) is 3.11. The van der Waals surface area contributed by atoms with Gasteiger partial charge in [-0.15, -0.1) is 11.3 Å². The minimum Gasteiger partial charge on any atom is -0.353 e. The van der Waals surface area contributed by atoms with Gasteiger partial charge < -0.3 is 10.6 Å². The Balaban J connectivity index is 1.46. The van der Waals surface area contributed by atoms with E-state index in [9.17, 15) is 9.59 Å². The van der Waals surface area contributed by atoms with Crippen LogP contribution in [0.25, 0.3) is 0 Å². The third kappa shape index (κ3) is 6.52. The zero-order valence-corrected chi connectivity index (χ0v) is 16.5. The van der Waals surface area contributed by atoms with E-state index in [0.29, 0.717) is 21.5 Å². The van der Waals surface area contributed by atoms with Gasteiger partial charge >= 0.3 is 6.03 Å². The van der Waals surface area contributed by atoms with Crippen molar-refractivity contribution in [2.45, 2.75) is 51.0 Å². The number of anilines is 2. The number of benzene rings is 1. The van der Waals surface area contributed by atoms with Gasteiger partial charge in [-0.25, -0.2) is 9.78 Å². The Kier molecular flexibility index (Phi) is 7.06. The fourth-order valence-corrected chi connectivity index (χ4v) is 3.94. The molecule has 1 aromatic heterocycles. The summed E-state index contributed by atoms with van der Waals surface area (Å²) in [6, 6.07) is 6.72. The molecule has 3 N–H and O–H groups in total. The minimum atomic E-state index is -0.388. The number of nitrogens with zero attached hydrogens (tertiary/aromatic N) is 1. The van der Waals surface area contributed by atoms with E-state index in [4.69, 9.17) is 11.6 Å². The average Bonchev–Trinajstić information content (AvgIpc) is 2.89. The van der Waals surface area contributed by atoms with Gasteiger partial charge in [0.05, 0.1) is 12.1 Å². The Morgan fingerprint density at radius 3 is 2.48 bits per heavy atom. The molecule has 0 aliphatic heterocycles. The van der Waals surface area contributed by atoms with Crippen molar-refractivity contribution in [2.24, 2.45) is 0 Å². The maximum atomic E-state index is 12.2. The summed E-state index contributed by atoms with van der Waals surface area (Å²) >= 11 is 7.12. The molecule has 6 nitrogen and oxygen atoms in total. The first-order chi connectivity index (χ1) is 13.1. The first-order valence-corrected chi connectivity index (χ1v) is 10.4. The van der Waals surface area contributed by atoms with Crippen LogP contribution in [0.15, 0.2) is 29.6 Å². The van der Waals surface area contributed by atoms with Crippen molar-refractivity contribution >= 4 is 45.7 Å². The molecule has 1 fully saturated rings. The summed E-state index contributed by atoms with van der Waals surface area (Å²) in [5.41, 5.74) is 1.30. The molecule has 0 radical (unpaired) electrons. The standard InChI is InChI=1S/C19H23ClN4O2S/c20-13-7-9-15(10-8-13)22-18(26)24-19-23-16(12-27-19)11-17(25)21-14-5-3-1-2-4-6-14/h7-10,12,14H,1-6,11H2,(H,21,25)(H2,22,23,24,26). The fraction of sp³-hybridized carbons (Fsp3) is 0.421. The summed E-state index contributed by atoms with van der Waals surface area (Å²) in [5, 5.41) is 11.4. The van der Waals surface area contributed by atoms with Crippen LogP contribution >= 0.6 is 22.9 Å². The molecule has 8 heteroatoms. The number of rotatable bonds is 5. The lowest BCUT2D eigenvalue weighted by molar-refractivity contribution is -0.121. The molecule has 1 saturated carbocycles. The highest BCUT2D eigenvalue weighted by Crippen LogP contribution is 2.19. The molecular formula is C19H23ClN4O2S. The number of aromatic nitrogens is 1. The lowest BCUT2D eigenvalue weighted by Gasteiger charge is -2.15. The normalized spacial score (nSPS) is 15.0. The summed E-state index contributed by atoms with van der Waals surface area (Å²) in [4.78, 5) is 28.6. The summed E-state index contributed by atoms with van der Waals surface area (Å²) in [5.74, 6) is -0.00985. The van der Waals surface area contributed by atoms with E-state index < -0.39 is 0 Å². The molecule has 1 aromatic carbocycles. The topological polar surface area (TPSA) is 83.1 Å². The summed E-state index contributed by atoms with van der Waals surface area (Å²) in [6.07, 6.45) is 7.21. The first-order valence-electron chi connectivity index (χ1n) is 9.16. The monoisotopic (exact) mass is 406 g/mol. The second-order valence-corrected chi connectivity index (χ2v) is 7.96. The van der Waals surface area contributed by atoms with E-state index in [2.05, 4.69) is 20.9 Å². The molecule has 0 atom stereocenters. The SMILES string of the molecule is O=C(Cc1csc(NC(=O)Nc2ccc(Cl)cc2)n1)NC1CCCCCC1. The van der Waals surface area contributed by atoms with Gasteiger partial charge in [0.2, 0.25) is 5.91 Å². The van der Waals surface area contributed by atoms with E-state index >= 15 is 0 Å². The van der Waals surface area contributed by atoms with Crippen molar-refractivity contribution in [2.75, 3.05) is 10.6 Å². The van der Waals surface area contributed by atoms with Crippen molar-refractivity contribution in [3.63, 3.8) is 0 Å². The number of amides is 3. The van der Waals surface area contributed by atoms with Crippen LogP contribution in [0.2, 0.25) is 5.02 Å². The van der Waals surface area contributed by atoms with Crippen molar-refractivity contribution in [1.29, 1.82) is 0 Å². The highest BCUT2D eigenvalue weighted by Gasteiger charge is 2.16. The number of carbonyl (C=O) groups is 2.